The van der Waals surface area contributed by atoms with Gasteiger partial charge in [-0.3, -0.25) is 14.2 Å². The Morgan fingerprint density at radius 3 is 2.42 bits per heavy atom. The number of rotatable bonds is 4. The average molecular weight is 412 g/mol. The predicted octanol–water partition coefficient (Wildman–Crippen LogP) is 4.89. The summed E-state index contributed by atoms with van der Waals surface area (Å²) in [6.07, 6.45) is 1.63. The molecule has 31 heavy (non-hydrogen) atoms. The molecule has 0 N–H and O–H groups in total. The van der Waals surface area contributed by atoms with Crippen molar-refractivity contribution in [3.63, 3.8) is 0 Å². The second-order valence-electron chi connectivity index (χ2n) is 7.62. The molecule has 0 aliphatic rings. The molecule has 1 heterocycles. The Balaban J connectivity index is 1.93. The predicted molar refractivity (Wildman–Crippen MR) is 125 cm³/mol. The van der Waals surface area contributed by atoms with Crippen LogP contribution in [-0.2, 0) is 0 Å². The number of aryl methyl sites for hydroxylation is 2. The Kier molecular flexibility index (Phi) is 5.34. The van der Waals surface area contributed by atoms with Crippen molar-refractivity contribution in [2.45, 2.75) is 13.8 Å². The van der Waals surface area contributed by atoms with E-state index >= 15 is 0 Å². The molecule has 4 rings (SSSR count). The summed E-state index contributed by atoms with van der Waals surface area (Å²) in [5.74, 6) is 0.458. The number of pyridine rings is 1. The first-order valence-corrected chi connectivity index (χ1v) is 10.0. The Bertz CT molecular complexity index is 1350. The highest BCUT2D eigenvalue weighted by molar-refractivity contribution is 6.13. The first kappa shape index (κ1) is 20.4. The maximum atomic E-state index is 13.6. The molecule has 0 aliphatic carbocycles. The second-order valence-corrected chi connectivity index (χ2v) is 7.62. The minimum Gasteiger partial charge on any atom is -0.497 e. The van der Waals surface area contributed by atoms with Crippen LogP contribution in [-0.4, -0.2) is 24.6 Å². The number of benzene rings is 3. The van der Waals surface area contributed by atoms with Gasteiger partial charge in [-0.05, 0) is 49.2 Å². The van der Waals surface area contributed by atoms with Crippen molar-refractivity contribution in [3.05, 3.63) is 100.0 Å². The lowest BCUT2D eigenvalue weighted by atomic mass is 10.0. The van der Waals surface area contributed by atoms with Crippen molar-refractivity contribution in [1.82, 2.24) is 4.57 Å². The zero-order chi connectivity index (χ0) is 22.1. The number of anilines is 1. The van der Waals surface area contributed by atoms with Crippen LogP contribution in [0.25, 0.3) is 16.5 Å². The molecule has 1 aromatic heterocycles. The van der Waals surface area contributed by atoms with Crippen molar-refractivity contribution in [3.8, 4) is 11.4 Å². The van der Waals surface area contributed by atoms with Crippen LogP contribution in [0.3, 0.4) is 0 Å². The number of nitrogens with zero attached hydrogens (tertiary/aromatic N) is 2. The smallest absolute Gasteiger partial charge is 0.262 e. The number of methoxy groups -OCH3 is 1. The Hall–Kier alpha value is -3.86. The van der Waals surface area contributed by atoms with Crippen LogP contribution < -0.4 is 15.2 Å². The van der Waals surface area contributed by atoms with E-state index in [4.69, 9.17) is 4.74 Å². The molecule has 0 fully saturated rings. The van der Waals surface area contributed by atoms with E-state index in [0.717, 1.165) is 16.8 Å². The molecule has 0 unspecified atom stereocenters. The van der Waals surface area contributed by atoms with Crippen molar-refractivity contribution >= 4 is 22.4 Å². The van der Waals surface area contributed by atoms with Crippen LogP contribution in [0.5, 0.6) is 5.75 Å². The van der Waals surface area contributed by atoms with E-state index < -0.39 is 0 Å². The first-order valence-electron chi connectivity index (χ1n) is 10.0. The highest BCUT2D eigenvalue weighted by atomic mass is 16.5. The van der Waals surface area contributed by atoms with Crippen LogP contribution >= 0.6 is 0 Å². The topological polar surface area (TPSA) is 51.5 Å². The lowest BCUT2D eigenvalue weighted by molar-refractivity contribution is 0.0994. The summed E-state index contributed by atoms with van der Waals surface area (Å²) in [6.45, 7) is 3.98. The molecule has 5 nitrogen and oxygen atoms in total. The number of carbonyl (C=O) groups is 1. The lowest BCUT2D eigenvalue weighted by Gasteiger charge is -2.22. The molecule has 0 saturated heterocycles. The van der Waals surface area contributed by atoms with Crippen LogP contribution in [0.15, 0.2) is 77.7 Å². The first-order chi connectivity index (χ1) is 14.9. The second kappa shape index (κ2) is 8.11. The van der Waals surface area contributed by atoms with Gasteiger partial charge < -0.3 is 9.64 Å². The van der Waals surface area contributed by atoms with Gasteiger partial charge in [-0.15, -0.1) is 0 Å². The molecule has 0 saturated carbocycles. The van der Waals surface area contributed by atoms with Crippen LogP contribution in [0.1, 0.15) is 21.5 Å². The van der Waals surface area contributed by atoms with Crippen molar-refractivity contribution in [2.75, 3.05) is 19.1 Å². The van der Waals surface area contributed by atoms with Gasteiger partial charge in [0.05, 0.1) is 18.4 Å². The Morgan fingerprint density at radius 2 is 1.68 bits per heavy atom. The molecule has 0 atom stereocenters. The lowest BCUT2D eigenvalue weighted by Crippen LogP contribution is -2.29. The summed E-state index contributed by atoms with van der Waals surface area (Å²) < 4.78 is 6.82. The third-order valence-corrected chi connectivity index (χ3v) is 5.52. The summed E-state index contributed by atoms with van der Waals surface area (Å²) in [4.78, 5) is 28.5. The summed E-state index contributed by atoms with van der Waals surface area (Å²) in [5.41, 5.74) is 3.83. The SMILES string of the molecule is COc1cccc(-n2cc(C(=O)N(C)c3cc(C)ccc3C)c3ccccc3c2=O)c1. The molecular formula is C26H24N2O3. The largest absolute Gasteiger partial charge is 0.497 e. The fourth-order valence-electron chi connectivity index (χ4n) is 3.78. The molecule has 5 heteroatoms. The summed E-state index contributed by atoms with van der Waals surface area (Å²) >= 11 is 0. The highest BCUT2D eigenvalue weighted by Gasteiger charge is 2.21. The van der Waals surface area contributed by atoms with Crippen molar-refractivity contribution in [2.24, 2.45) is 0 Å². The zero-order valence-electron chi connectivity index (χ0n) is 18.0. The molecule has 0 radical (unpaired) electrons. The van der Waals surface area contributed by atoms with Crippen LogP contribution in [0, 0.1) is 13.8 Å². The fraction of sp³-hybridized carbons (Fsp3) is 0.154. The van der Waals surface area contributed by atoms with Gasteiger partial charge >= 0.3 is 0 Å². The summed E-state index contributed by atoms with van der Waals surface area (Å²) in [5, 5.41) is 1.12. The summed E-state index contributed by atoms with van der Waals surface area (Å²) in [6, 6.07) is 20.5. The number of aromatic nitrogens is 1. The molecule has 3 aromatic carbocycles. The van der Waals surface area contributed by atoms with Crippen LogP contribution in [0.4, 0.5) is 5.69 Å². The number of hydrogen-bond acceptors (Lipinski definition) is 3. The van der Waals surface area contributed by atoms with E-state index in [9.17, 15) is 9.59 Å². The molecule has 156 valence electrons. The van der Waals surface area contributed by atoms with Gasteiger partial charge in [0.2, 0.25) is 0 Å². The van der Waals surface area contributed by atoms with Gasteiger partial charge in [-0.25, -0.2) is 0 Å². The number of ether oxygens (including phenoxy) is 1. The van der Waals surface area contributed by atoms with E-state index in [1.165, 1.54) is 4.57 Å². The van der Waals surface area contributed by atoms with Crippen molar-refractivity contribution in [1.29, 1.82) is 0 Å². The quantitative estimate of drug-likeness (QED) is 0.479. The number of amides is 1. The van der Waals surface area contributed by atoms with Gasteiger partial charge in [-0.1, -0.05) is 36.4 Å². The number of fused-ring (bicyclic) bond motifs is 1. The van der Waals surface area contributed by atoms with Gasteiger partial charge in [0.25, 0.3) is 11.5 Å². The van der Waals surface area contributed by atoms with Crippen molar-refractivity contribution < 1.29 is 9.53 Å². The van der Waals surface area contributed by atoms with E-state index in [2.05, 4.69) is 0 Å². The third-order valence-electron chi connectivity index (χ3n) is 5.52. The maximum Gasteiger partial charge on any atom is 0.262 e. The molecule has 1 amide bonds. The standard InChI is InChI=1S/C26H24N2O3/c1-17-12-13-18(2)24(14-17)27(3)25(29)23-16-28(19-8-7-9-20(15-19)31-4)26(30)22-11-6-5-10-21(22)23/h5-16H,1-4H3. The highest BCUT2D eigenvalue weighted by Crippen LogP contribution is 2.25. The van der Waals surface area contributed by atoms with Crippen LogP contribution in [0.2, 0.25) is 0 Å². The molecular weight excluding hydrogens is 388 g/mol. The third kappa shape index (κ3) is 3.70. The number of carbonyl (C=O) groups excluding carboxylic acids is 1. The zero-order valence-corrected chi connectivity index (χ0v) is 18.0. The minimum atomic E-state index is -0.185. The average Bonchev–Trinajstić information content (AvgIpc) is 2.80. The molecule has 0 bridgehead atoms. The number of hydrogen-bond donors (Lipinski definition) is 0. The molecule has 4 aromatic rings. The maximum absolute atomic E-state index is 13.6. The van der Waals surface area contributed by atoms with E-state index in [1.54, 1.807) is 37.4 Å². The fourth-order valence-corrected chi connectivity index (χ4v) is 3.78. The van der Waals surface area contributed by atoms with E-state index in [-0.39, 0.29) is 11.5 Å². The minimum absolute atomic E-state index is 0.179. The van der Waals surface area contributed by atoms with Gasteiger partial charge in [0.1, 0.15) is 5.75 Å². The van der Waals surface area contributed by atoms with Gasteiger partial charge in [0.15, 0.2) is 0 Å². The van der Waals surface area contributed by atoms with Gasteiger partial charge in [0, 0.05) is 35.8 Å². The normalized spacial score (nSPS) is 10.8. The van der Waals surface area contributed by atoms with E-state index in [1.807, 2.05) is 68.4 Å². The monoisotopic (exact) mass is 412 g/mol. The van der Waals surface area contributed by atoms with E-state index in [0.29, 0.717) is 27.8 Å². The molecule has 0 aliphatic heterocycles. The molecule has 0 spiro atoms. The summed E-state index contributed by atoms with van der Waals surface area (Å²) in [7, 11) is 3.34. The Morgan fingerprint density at radius 1 is 0.935 bits per heavy atom. The Labute approximate surface area is 181 Å². The van der Waals surface area contributed by atoms with Gasteiger partial charge in [-0.2, -0.15) is 0 Å².